The lowest BCUT2D eigenvalue weighted by molar-refractivity contribution is 0.0992. The number of aryl methyl sites for hydroxylation is 1. The van der Waals surface area contributed by atoms with Crippen LogP contribution < -0.4 is 10.6 Å². The monoisotopic (exact) mass is 276 g/mol. The molecule has 2 rings (SSSR count). The number of anilines is 2. The second-order valence-electron chi connectivity index (χ2n) is 4.50. The number of hydrogen-bond acceptors (Lipinski definition) is 2. The Kier molecular flexibility index (Phi) is 3.70. The fourth-order valence-electron chi connectivity index (χ4n) is 1.95. The third-order valence-electron chi connectivity index (χ3n) is 3.11. The van der Waals surface area contributed by atoms with Gasteiger partial charge in [0.15, 0.2) is 0 Å². The number of nitrogens with zero attached hydrogens (tertiary/aromatic N) is 1. The molecule has 2 aromatic rings. The highest BCUT2D eigenvalue weighted by atomic mass is 19.1. The molecular weight excluding hydrogens is 262 g/mol. The van der Waals surface area contributed by atoms with Crippen molar-refractivity contribution < 1.29 is 13.6 Å². The van der Waals surface area contributed by atoms with Crippen LogP contribution in [-0.2, 0) is 0 Å². The molecule has 0 heterocycles. The molecule has 104 valence electrons. The van der Waals surface area contributed by atoms with E-state index in [1.54, 1.807) is 19.2 Å². The average molecular weight is 276 g/mol. The van der Waals surface area contributed by atoms with Crippen molar-refractivity contribution in [1.82, 2.24) is 0 Å². The molecule has 0 aromatic heterocycles. The van der Waals surface area contributed by atoms with Crippen molar-refractivity contribution in [3.8, 4) is 0 Å². The van der Waals surface area contributed by atoms with Crippen LogP contribution in [0.5, 0.6) is 0 Å². The summed E-state index contributed by atoms with van der Waals surface area (Å²) in [7, 11) is 1.55. The molecule has 2 N–H and O–H groups in total. The minimum absolute atomic E-state index is 0.0834. The lowest BCUT2D eigenvalue weighted by Crippen LogP contribution is -2.27. The summed E-state index contributed by atoms with van der Waals surface area (Å²) in [5.41, 5.74) is 6.09. The molecule has 0 atom stereocenters. The van der Waals surface area contributed by atoms with Crippen LogP contribution in [0, 0.1) is 18.6 Å². The van der Waals surface area contributed by atoms with Crippen LogP contribution in [0.1, 0.15) is 15.9 Å². The van der Waals surface area contributed by atoms with Gasteiger partial charge in [-0.05, 0) is 30.7 Å². The minimum atomic E-state index is -0.938. The van der Waals surface area contributed by atoms with Crippen LogP contribution in [0.3, 0.4) is 0 Å². The van der Waals surface area contributed by atoms with Gasteiger partial charge >= 0.3 is 0 Å². The standard InChI is InChI=1S/C15H14F2N2O/c1-9-5-3-4-6-13(9)19(2)15(20)10-7-11(16)14(18)12(17)8-10/h3-8H,18H2,1-2H3. The molecule has 0 bridgehead atoms. The number of carbonyl (C=O) groups excluding carboxylic acids is 1. The van der Waals surface area contributed by atoms with E-state index in [0.717, 1.165) is 17.7 Å². The summed E-state index contributed by atoms with van der Waals surface area (Å²) >= 11 is 0. The van der Waals surface area contributed by atoms with E-state index in [-0.39, 0.29) is 5.56 Å². The fraction of sp³-hybridized carbons (Fsp3) is 0.133. The van der Waals surface area contributed by atoms with Gasteiger partial charge in [0, 0.05) is 18.3 Å². The first-order chi connectivity index (χ1) is 9.41. The molecular formula is C15H14F2N2O. The number of nitrogens with two attached hydrogens (primary N) is 1. The smallest absolute Gasteiger partial charge is 0.258 e. The summed E-state index contributed by atoms with van der Waals surface area (Å²) in [6.07, 6.45) is 0. The molecule has 0 spiro atoms. The van der Waals surface area contributed by atoms with E-state index in [9.17, 15) is 13.6 Å². The maximum Gasteiger partial charge on any atom is 0.258 e. The Balaban J connectivity index is 2.39. The van der Waals surface area contributed by atoms with Crippen LogP contribution in [0.4, 0.5) is 20.2 Å². The SMILES string of the molecule is Cc1ccccc1N(C)C(=O)c1cc(F)c(N)c(F)c1. The number of benzene rings is 2. The number of para-hydroxylation sites is 1. The molecule has 0 saturated carbocycles. The van der Waals surface area contributed by atoms with Crippen molar-refractivity contribution >= 4 is 17.3 Å². The summed E-state index contributed by atoms with van der Waals surface area (Å²) in [4.78, 5) is 13.6. The molecule has 20 heavy (non-hydrogen) atoms. The molecule has 0 unspecified atom stereocenters. The predicted molar refractivity (Wildman–Crippen MR) is 74.7 cm³/mol. The Morgan fingerprint density at radius 1 is 1.15 bits per heavy atom. The fourth-order valence-corrected chi connectivity index (χ4v) is 1.95. The number of halogens is 2. The summed E-state index contributed by atoms with van der Waals surface area (Å²) in [5, 5.41) is 0. The Hall–Kier alpha value is -2.43. The van der Waals surface area contributed by atoms with Gasteiger partial charge in [-0.3, -0.25) is 4.79 Å². The zero-order valence-corrected chi connectivity index (χ0v) is 11.2. The van der Waals surface area contributed by atoms with Gasteiger partial charge in [-0.15, -0.1) is 0 Å². The zero-order valence-electron chi connectivity index (χ0n) is 11.2. The van der Waals surface area contributed by atoms with E-state index >= 15 is 0 Å². The van der Waals surface area contributed by atoms with Gasteiger partial charge in [0.05, 0.1) is 0 Å². The molecule has 0 saturated heterocycles. The van der Waals surface area contributed by atoms with Gasteiger partial charge in [0.25, 0.3) is 5.91 Å². The van der Waals surface area contributed by atoms with Crippen molar-refractivity contribution in [3.63, 3.8) is 0 Å². The van der Waals surface area contributed by atoms with Crippen molar-refractivity contribution in [2.24, 2.45) is 0 Å². The minimum Gasteiger partial charge on any atom is -0.394 e. The van der Waals surface area contributed by atoms with Gasteiger partial charge in [0.1, 0.15) is 17.3 Å². The predicted octanol–water partition coefficient (Wildman–Crippen LogP) is 3.13. The largest absolute Gasteiger partial charge is 0.394 e. The average Bonchev–Trinajstić information content (AvgIpc) is 2.43. The van der Waals surface area contributed by atoms with Crippen LogP contribution in [0.2, 0.25) is 0 Å². The van der Waals surface area contributed by atoms with Crippen molar-refractivity contribution in [1.29, 1.82) is 0 Å². The van der Waals surface area contributed by atoms with Crippen molar-refractivity contribution in [2.75, 3.05) is 17.7 Å². The number of carbonyl (C=O) groups is 1. The molecule has 0 fully saturated rings. The second kappa shape index (κ2) is 5.28. The Labute approximate surface area is 115 Å². The van der Waals surface area contributed by atoms with E-state index in [4.69, 9.17) is 5.73 Å². The highest BCUT2D eigenvalue weighted by Crippen LogP contribution is 2.22. The van der Waals surface area contributed by atoms with E-state index in [1.807, 2.05) is 19.1 Å². The summed E-state index contributed by atoms with van der Waals surface area (Å²) < 4.78 is 26.8. The van der Waals surface area contributed by atoms with E-state index in [1.165, 1.54) is 4.90 Å². The highest BCUT2D eigenvalue weighted by Gasteiger charge is 2.18. The maximum atomic E-state index is 13.4. The van der Waals surface area contributed by atoms with Gasteiger partial charge < -0.3 is 10.6 Å². The highest BCUT2D eigenvalue weighted by molar-refractivity contribution is 6.06. The van der Waals surface area contributed by atoms with E-state index < -0.39 is 23.2 Å². The number of amides is 1. The number of hydrogen-bond donors (Lipinski definition) is 1. The van der Waals surface area contributed by atoms with Gasteiger partial charge in [-0.25, -0.2) is 8.78 Å². The molecule has 2 aromatic carbocycles. The number of rotatable bonds is 2. The van der Waals surface area contributed by atoms with Crippen LogP contribution in [0.25, 0.3) is 0 Å². The summed E-state index contributed by atoms with van der Waals surface area (Å²) in [5.74, 6) is -2.38. The molecule has 0 aliphatic rings. The van der Waals surface area contributed by atoms with Crippen LogP contribution >= 0.6 is 0 Å². The lowest BCUT2D eigenvalue weighted by atomic mass is 10.1. The van der Waals surface area contributed by atoms with Crippen LogP contribution in [-0.4, -0.2) is 13.0 Å². The lowest BCUT2D eigenvalue weighted by Gasteiger charge is -2.19. The Morgan fingerprint density at radius 3 is 2.25 bits per heavy atom. The summed E-state index contributed by atoms with van der Waals surface area (Å²) in [6, 6.07) is 9.13. The normalized spacial score (nSPS) is 10.4. The maximum absolute atomic E-state index is 13.4. The molecule has 0 radical (unpaired) electrons. The first kappa shape index (κ1) is 14.0. The van der Waals surface area contributed by atoms with Gasteiger partial charge in [-0.2, -0.15) is 0 Å². The molecule has 0 aliphatic carbocycles. The Morgan fingerprint density at radius 2 is 1.70 bits per heavy atom. The molecule has 3 nitrogen and oxygen atoms in total. The number of nitrogen functional groups attached to an aromatic ring is 1. The quantitative estimate of drug-likeness (QED) is 0.856. The van der Waals surface area contributed by atoms with Gasteiger partial charge in [-0.1, -0.05) is 18.2 Å². The molecule has 1 amide bonds. The van der Waals surface area contributed by atoms with Crippen molar-refractivity contribution in [2.45, 2.75) is 6.92 Å². The zero-order chi connectivity index (χ0) is 14.9. The van der Waals surface area contributed by atoms with Crippen molar-refractivity contribution in [3.05, 3.63) is 59.2 Å². The second-order valence-corrected chi connectivity index (χ2v) is 4.50. The van der Waals surface area contributed by atoms with Gasteiger partial charge in [0.2, 0.25) is 0 Å². The topological polar surface area (TPSA) is 46.3 Å². The van der Waals surface area contributed by atoms with E-state index in [0.29, 0.717) is 5.69 Å². The Bertz CT molecular complexity index is 648. The first-order valence-electron chi connectivity index (χ1n) is 6.00. The first-order valence-corrected chi connectivity index (χ1v) is 6.00. The third kappa shape index (κ3) is 2.47. The summed E-state index contributed by atoms with van der Waals surface area (Å²) in [6.45, 7) is 1.85. The van der Waals surface area contributed by atoms with Crippen LogP contribution in [0.15, 0.2) is 36.4 Å². The molecule has 0 aliphatic heterocycles. The van der Waals surface area contributed by atoms with E-state index in [2.05, 4.69) is 0 Å². The molecule has 5 heteroatoms. The third-order valence-corrected chi connectivity index (χ3v) is 3.11.